The first-order valence-electron chi connectivity index (χ1n) is 6.96. The molecular weight excluding hydrogens is 299 g/mol. The number of carbonyl (C=O) groups is 1. The normalized spacial score (nSPS) is 25.8. The van der Waals surface area contributed by atoms with E-state index in [-0.39, 0.29) is 24.5 Å². The fourth-order valence-corrected chi connectivity index (χ4v) is 2.51. The van der Waals surface area contributed by atoms with Crippen LogP contribution >= 0.6 is 0 Å². The van der Waals surface area contributed by atoms with Crippen molar-refractivity contribution in [1.82, 2.24) is 0 Å². The Morgan fingerprint density at radius 1 is 1.32 bits per heavy atom. The van der Waals surface area contributed by atoms with Crippen molar-refractivity contribution in [2.75, 3.05) is 7.11 Å². The third kappa shape index (κ3) is 3.98. The molecule has 0 bridgehead atoms. The first-order chi connectivity index (χ1) is 10.3. The van der Waals surface area contributed by atoms with Crippen molar-refractivity contribution in [3.8, 4) is 0 Å². The van der Waals surface area contributed by atoms with Crippen molar-refractivity contribution in [2.45, 2.75) is 43.7 Å². The van der Waals surface area contributed by atoms with Crippen LogP contribution in [-0.2, 0) is 20.4 Å². The lowest BCUT2D eigenvalue weighted by molar-refractivity contribution is -0.147. The Hall–Kier alpha value is -1.60. The van der Waals surface area contributed by atoms with Crippen LogP contribution in [0.3, 0.4) is 0 Å². The number of nitrogens with two attached hydrogens (primary N) is 1. The smallest absolute Gasteiger partial charge is 0.416 e. The highest BCUT2D eigenvalue weighted by Gasteiger charge is 2.33. The van der Waals surface area contributed by atoms with E-state index in [1.54, 1.807) is 0 Å². The van der Waals surface area contributed by atoms with E-state index in [1.165, 1.54) is 19.2 Å². The van der Waals surface area contributed by atoms with Crippen LogP contribution in [0.1, 0.15) is 36.5 Å². The van der Waals surface area contributed by atoms with Crippen LogP contribution in [-0.4, -0.2) is 25.2 Å². The van der Waals surface area contributed by atoms with E-state index in [0.717, 1.165) is 12.1 Å². The molecule has 7 heteroatoms. The fourth-order valence-electron chi connectivity index (χ4n) is 2.51. The molecule has 2 rings (SSSR count). The Kier molecular flexibility index (Phi) is 5.08. The predicted octanol–water partition coefficient (Wildman–Crippen LogP) is 2.82. The van der Waals surface area contributed by atoms with Crippen molar-refractivity contribution in [3.63, 3.8) is 0 Å². The Morgan fingerprint density at radius 3 is 2.50 bits per heavy atom. The maximum absolute atomic E-state index is 12.6. The average Bonchev–Trinajstić information content (AvgIpc) is 2.48. The van der Waals surface area contributed by atoms with Gasteiger partial charge in [-0.3, -0.25) is 4.79 Å². The molecule has 0 aliphatic carbocycles. The molecule has 2 N–H and O–H groups in total. The van der Waals surface area contributed by atoms with Crippen LogP contribution in [0.5, 0.6) is 0 Å². The third-order valence-electron chi connectivity index (χ3n) is 3.74. The number of carbonyl (C=O) groups excluding carboxylic acids is 1. The Labute approximate surface area is 126 Å². The summed E-state index contributed by atoms with van der Waals surface area (Å²) in [7, 11) is 1.30. The molecule has 0 radical (unpaired) electrons. The number of methoxy groups -OCH3 is 1. The van der Waals surface area contributed by atoms with Crippen LogP contribution < -0.4 is 5.73 Å². The van der Waals surface area contributed by atoms with Crippen molar-refractivity contribution in [1.29, 1.82) is 0 Å². The van der Waals surface area contributed by atoms with Gasteiger partial charge in [-0.05, 0) is 30.5 Å². The van der Waals surface area contributed by atoms with E-state index in [4.69, 9.17) is 10.5 Å². The summed E-state index contributed by atoms with van der Waals surface area (Å²) in [6, 6.07) is 4.44. The Bertz CT molecular complexity index is 516. The number of esters is 1. The van der Waals surface area contributed by atoms with Crippen LogP contribution in [0.15, 0.2) is 24.3 Å². The standard InChI is InChI=1S/C15H18F3NO3/c1-21-13(20)8-11-6-7-12(19)14(22-11)9-2-4-10(5-3-9)15(16,17)18/h2-5,11-12,14H,6-8,19H2,1H3. The molecule has 1 saturated heterocycles. The van der Waals surface area contributed by atoms with Gasteiger partial charge >= 0.3 is 12.1 Å². The summed E-state index contributed by atoms with van der Waals surface area (Å²) < 4.78 is 48.1. The second-order valence-electron chi connectivity index (χ2n) is 5.32. The molecule has 0 aromatic heterocycles. The number of rotatable bonds is 3. The molecule has 4 nitrogen and oxygen atoms in total. The third-order valence-corrected chi connectivity index (χ3v) is 3.74. The number of hydrogen-bond acceptors (Lipinski definition) is 4. The van der Waals surface area contributed by atoms with Gasteiger partial charge in [-0.15, -0.1) is 0 Å². The van der Waals surface area contributed by atoms with Crippen LogP contribution in [0.2, 0.25) is 0 Å². The second-order valence-corrected chi connectivity index (χ2v) is 5.32. The second kappa shape index (κ2) is 6.66. The molecule has 1 heterocycles. The van der Waals surface area contributed by atoms with Gasteiger partial charge in [-0.2, -0.15) is 13.2 Å². The maximum atomic E-state index is 12.6. The summed E-state index contributed by atoms with van der Waals surface area (Å²) in [5, 5.41) is 0. The summed E-state index contributed by atoms with van der Waals surface area (Å²) in [5.74, 6) is -0.383. The number of hydrogen-bond donors (Lipinski definition) is 1. The molecule has 1 aromatic carbocycles. The van der Waals surface area contributed by atoms with E-state index in [9.17, 15) is 18.0 Å². The molecule has 1 aliphatic heterocycles. The van der Waals surface area contributed by atoms with Crippen molar-refractivity contribution in [2.24, 2.45) is 5.73 Å². The predicted molar refractivity (Wildman–Crippen MR) is 72.9 cm³/mol. The van der Waals surface area contributed by atoms with Crippen molar-refractivity contribution in [3.05, 3.63) is 35.4 Å². The largest absolute Gasteiger partial charge is 0.469 e. The summed E-state index contributed by atoms with van der Waals surface area (Å²) in [4.78, 5) is 11.3. The molecule has 0 saturated carbocycles. The minimum Gasteiger partial charge on any atom is -0.469 e. The van der Waals surface area contributed by atoms with Gasteiger partial charge in [0.2, 0.25) is 0 Å². The molecule has 22 heavy (non-hydrogen) atoms. The van der Waals surface area contributed by atoms with Gasteiger partial charge in [0, 0.05) is 6.04 Å². The summed E-state index contributed by atoms with van der Waals surface area (Å²) in [6.45, 7) is 0. The number of halogens is 3. The van der Waals surface area contributed by atoms with Crippen LogP contribution in [0.25, 0.3) is 0 Å². The lowest BCUT2D eigenvalue weighted by atomic mass is 9.92. The van der Waals surface area contributed by atoms with E-state index < -0.39 is 17.8 Å². The highest BCUT2D eigenvalue weighted by atomic mass is 19.4. The minimum absolute atomic E-state index is 0.111. The molecular formula is C15H18F3NO3. The summed E-state index contributed by atoms with van der Waals surface area (Å²) >= 11 is 0. The van der Waals surface area contributed by atoms with Gasteiger partial charge in [0.1, 0.15) is 0 Å². The van der Waals surface area contributed by atoms with Gasteiger partial charge in [-0.1, -0.05) is 12.1 Å². The zero-order valence-corrected chi connectivity index (χ0v) is 12.1. The highest BCUT2D eigenvalue weighted by molar-refractivity contribution is 5.69. The number of ether oxygens (including phenoxy) is 2. The van der Waals surface area contributed by atoms with E-state index >= 15 is 0 Å². The molecule has 1 fully saturated rings. The molecule has 1 aliphatic rings. The zero-order valence-electron chi connectivity index (χ0n) is 12.1. The monoisotopic (exact) mass is 317 g/mol. The lowest BCUT2D eigenvalue weighted by Crippen LogP contribution is -2.39. The lowest BCUT2D eigenvalue weighted by Gasteiger charge is -2.34. The fraction of sp³-hybridized carbons (Fsp3) is 0.533. The van der Waals surface area contributed by atoms with Gasteiger partial charge in [0.15, 0.2) is 0 Å². The minimum atomic E-state index is -4.37. The first-order valence-corrected chi connectivity index (χ1v) is 6.96. The molecule has 1 aromatic rings. The maximum Gasteiger partial charge on any atom is 0.416 e. The van der Waals surface area contributed by atoms with Gasteiger partial charge < -0.3 is 15.2 Å². The molecule has 0 spiro atoms. The molecule has 3 atom stereocenters. The summed E-state index contributed by atoms with van der Waals surface area (Å²) in [6.07, 6.45) is -3.87. The molecule has 122 valence electrons. The molecule has 0 amide bonds. The Morgan fingerprint density at radius 2 is 1.95 bits per heavy atom. The number of alkyl halides is 3. The van der Waals surface area contributed by atoms with E-state index in [0.29, 0.717) is 18.4 Å². The SMILES string of the molecule is COC(=O)CC1CCC(N)C(c2ccc(C(F)(F)F)cc2)O1. The van der Waals surface area contributed by atoms with E-state index in [1.807, 2.05) is 0 Å². The first kappa shape index (κ1) is 16.8. The van der Waals surface area contributed by atoms with Crippen molar-refractivity contribution < 1.29 is 27.4 Å². The van der Waals surface area contributed by atoms with Crippen molar-refractivity contribution >= 4 is 5.97 Å². The van der Waals surface area contributed by atoms with Gasteiger partial charge in [0.05, 0.1) is 31.3 Å². The quantitative estimate of drug-likeness (QED) is 0.871. The van der Waals surface area contributed by atoms with Crippen LogP contribution in [0.4, 0.5) is 13.2 Å². The Balaban J connectivity index is 2.10. The van der Waals surface area contributed by atoms with E-state index in [2.05, 4.69) is 4.74 Å². The van der Waals surface area contributed by atoms with Gasteiger partial charge in [-0.25, -0.2) is 0 Å². The van der Waals surface area contributed by atoms with Gasteiger partial charge in [0.25, 0.3) is 0 Å². The summed E-state index contributed by atoms with van der Waals surface area (Å²) in [5.41, 5.74) is 5.86. The number of benzene rings is 1. The molecule has 3 unspecified atom stereocenters. The highest BCUT2D eigenvalue weighted by Crippen LogP contribution is 2.34. The van der Waals surface area contributed by atoms with Crippen LogP contribution in [0, 0.1) is 0 Å². The topological polar surface area (TPSA) is 61.5 Å². The zero-order chi connectivity index (χ0) is 16.3. The average molecular weight is 317 g/mol.